The molecule has 2 aromatic carbocycles. The second kappa shape index (κ2) is 16.2. The molecule has 1 aliphatic heterocycles. The first-order valence-electron chi connectivity index (χ1n) is 13.6. The van der Waals surface area contributed by atoms with E-state index in [1.54, 1.807) is 4.31 Å². The summed E-state index contributed by atoms with van der Waals surface area (Å²) < 4.78 is 13.0. The summed E-state index contributed by atoms with van der Waals surface area (Å²) in [5.41, 5.74) is 2.54. The maximum absolute atomic E-state index is 12.4. The predicted octanol–water partition coefficient (Wildman–Crippen LogP) is 6.58. The fraction of sp³-hybridized carbons (Fsp3) is 0.517. The van der Waals surface area contributed by atoms with E-state index in [9.17, 15) is 9.59 Å². The first-order valence-corrected chi connectivity index (χ1v) is 15.5. The van der Waals surface area contributed by atoms with Crippen molar-refractivity contribution in [3.8, 4) is 5.75 Å². The largest absolute Gasteiger partial charge is 0.494 e. The van der Waals surface area contributed by atoms with Gasteiger partial charge in [-0.25, -0.2) is 4.79 Å². The second-order valence-corrected chi connectivity index (χ2v) is 11.7. The number of amides is 2. The smallest absolute Gasteiger partial charge is 0.421 e. The molecule has 40 heavy (non-hydrogen) atoms. The van der Waals surface area contributed by atoms with Crippen LogP contribution in [0.2, 0.25) is 10.0 Å². The number of ether oxygens (including phenoxy) is 2. The molecule has 11 heteroatoms. The van der Waals surface area contributed by atoms with Crippen LogP contribution in [0.5, 0.6) is 5.75 Å². The van der Waals surface area contributed by atoms with Crippen LogP contribution in [0.3, 0.4) is 0 Å². The summed E-state index contributed by atoms with van der Waals surface area (Å²) in [6.07, 6.45) is 3.97. The van der Waals surface area contributed by atoms with Crippen LogP contribution < -0.4 is 14.5 Å². The predicted molar refractivity (Wildman–Crippen MR) is 166 cm³/mol. The normalized spacial score (nSPS) is 13.8. The van der Waals surface area contributed by atoms with E-state index in [0.717, 1.165) is 56.8 Å². The number of benzene rings is 2. The number of carbonyl (C=O) groups is 2. The lowest BCUT2D eigenvalue weighted by Crippen LogP contribution is -2.46. The Morgan fingerprint density at radius 1 is 1.12 bits per heavy atom. The summed E-state index contributed by atoms with van der Waals surface area (Å²) in [5.74, 6) is 0.985. The highest BCUT2D eigenvalue weighted by Crippen LogP contribution is 2.33. The van der Waals surface area contributed by atoms with Crippen molar-refractivity contribution in [3.63, 3.8) is 0 Å². The van der Waals surface area contributed by atoms with Crippen molar-refractivity contribution < 1.29 is 19.1 Å². The van der Waals surface area contributed by atoms with Crippen LogP contribution >= 0.6 is 35.1 Å². The number of carbonyl (C=O) groups excluding carboxylic acids is 2. The molecule has 8 nitrogen and oxygen atoms in total. The number of piperazine rings is 1. The van der Waals surface area contributed by atoms with Gasteiger partial charge in [-0.3, -0.25) is 18.9 Å². The van der Waals surface area contributed by atoms with E-state index >= 15 is 0 Å². The average molecular weight is 612 g/mol. The Kier molecular flexibility index (Phi) is 13.0. The minimum atomic E-state index is -0.465. The van der Waals surface area contributed by atoms with Gasteiger partial charge in [0.15, 0.2) is 6.73 Å². The SMILES string of the molecule is CSN(CC(C)C)C(=O)OCN(C=O)c1cc(OCCCCN2CCN(c3cccc(Cl)c3Cl)CC2)ccc1C. The van der Waals surface area contributed by atoms with Gasteiger partial charge in [0.25, 0.3) is 0 Å². The zero-order valence-electron chi connectivity index (χ0n) is 23.8. The Hall–Kier alpha value is -2.33. The number of rotatable bonds is 14. The molecule has 0 bridgehead atoms. The van der Waals surface area contributed by atoms with Crippen molar-refractivity contribution in [1.29, 1.82) is 0 Å². The third kappa shape index (κ3) is 9.36. The fourth-order valence-corrected chi connectivity index (χ4v) is 5.54. The van der Waals surface area contributed by atoms with Crippen LogP contribution in [-0.2, 0) is 9.53 Å². The van der Waals surface area contributed by atoms with Crippen LogP contribution in [0.1, 0.15) is 32.3 Å². The maximum atomic E-state index is 12.4. The minimum Gasteiger partial charge on any atom is -0.494 e. The molecule has 0 unspecified atom stereocenters. The van der Waals surface area contributed by atoms with Gasteiger partial charge in [-0.1, -0.05) is 49.2 Å². The molecule has 2 amide bonds. The maximum Gasteiger partial charge on any atom is 0.421 e. The third-order valence-corrected chi connectivity index (χ3v) is 8.23. The Morgan fingerprint density at radius 2 is 1.88 bits per heavy atom. The molecule has 0 saturated carbocycles. The molecule has 220 valence electrons. The van der Waals surface area contributed by atoms with Crippen molar-refractivity contribution in [1.82, 2.24) is 9.21 Å². The highest BCUT2D eigenvalue weighted by atomic mass is 35.5. The summed E-state index contributed by atoms with van der Waals surface area (Å²) in [4.78, 5) is 30.4. The van der Waals surface area contributed by atoms with E-state index in [1.165, 1.54) is 16.8 Å². The number of hydrogen-bond donors (Lipinski definition) is 0. The molecule has 1 saturated heterocycles. The fourth-order valence-electron chi connectivity index (χ4n) is 4.47. The number of halogens is 2. The van der Waals surface area contributed by atoms with Gasteiger partial charge in [0.2, 0.25) is 6.41 Å². The minimum absolute atomic E-state index is 0.168. The van der Waals surface area contributed by atoms with Gasteiger partial charge in [0.1, 0.15) is 5.75 Å². The van der Waals surface area contributed by atoms with E-state index in [2.05, 4.69) is 9.80 Å². The molecule has 1 heterocycles. The lowest BCUT2D eigenvalue weighted by molar-refractivity contribution is -0.108. The molecule has 0 spiro atoms. The first kappa shape index (κ1) is 32.2. The van der Waals surface area contributed by atoms with E-state index in [4.69, 9.17) is 32.7 Å². The molecule has 0 radical (unpaired) electrons. The summed E-state index contributed by atoms with van der Waals surface area (Å²) in [7, 11) is 0. The molecule has 0 aromatic heterocycles. The van der Waals surface area contributed by atoms with Gasteiger partial charge in [0, 0.05) is 45.0 Å². The molecule has 3 rings (SSSR count). The summed E-state index contributed by atoms with van der Waals surface area (Å²) in [5, 5.41) is 1.21. The Morgan fingerprint density at radius 3 is 2.55 bits per heavy atom. The summed E-state index contributed by atoms with van der Waals surface area (Å²) in [6, 6.07) is 11.4. The molecule has 1 aliphatic rings. The van der Waals surface area contributed by atoms with Gasteiger partial charge in [-0.05, 0) is 67.9 Å². The molecule has 0 atom stereocenters. The van der Waals surface area contributed by atoms with E-state index < -0.39 is 6.09 Å². The zero-order chi connectivity index (χ0) is 29.1. The van der Waals surface area contributed by atoms with Gasteiger partial charge >= 0.3 is 6.09 Å². The standard InChI is InChI=1S/C29H40Cl2N4O4S/c1-22(2)19-35(40-4)29(37)39-21-34(20-36)27-18-24(11-10-23(27)3)38-17-6-5-12-32-13-15-33(16-14-32)26-9-7-8-25(30)28(26)31/h7-11,18,20,22H,5-6,12-17,19,21H2,1-4H3. The average Bonchev–Trinajstić information content (AvgIpc) is 2.95. The van der Waals surface area contributed by atoms with Crippen LogP contribution in [0.4, 0.5) is 16.2 Å². The Bertz CT molecular complexity index is 1120. The van der Waals surface area contributed by atoms with Crippen LogP contribution in [0, 0.1) is 12.8 Å². The quantitative estimate of drug-likeness (QED) is 0.104. The monoisotopic (exact) mass is 610 g/mol. The number of unbranched alkanes of at least 4 members (excludes halogenated alkanes) is 1. The van der Waals surface area contributed by atoms with Crippen LogP contribution in [-0.4, -0.2) is 80.6 Å². The van der Waals surface area contributed by atoms with E-state index in [1.807, 2.05) is 63.4 Å². The van der Waals surface area contributed by atoms with Crippen molar-refractivity contribution in [2.24, 2.45) is 5.92 Å². The molecule has 0 N–H and O–H groups in total. The highest BCUT2D eigenvalue weighted by Gasteiger charge is 2.20. The number of nitrogens with zero attached hydrogens (tertiary/aromatic N) is 4. The Labute approximate surface area is 252 Å². The highest BCUT2D eigenvalue weighted by molar-refractivity contribution is 7.96. The molecule has 2 aromatic rings. The lowest BCUT2D eigenvalue weighted by Gasteiger charge is -2.36. The van der Waals surface area contributed by atoms with Crippen molar-refractivity contribution in [2.75, 3.05) is 68.7 Å². The van der Waals surface area contributed by atoms with Gasteiger partial charge < -0.3 is 14.4 Å². The van der Waals surface area contributed by atoms with Gasteiger partial charge in [-0.2, -0.15) is 0 Å². The van der Waals surface area contributed by atoms with Crippen molar-refractivity contribution in [2.45, 2.75) is 33.6 Å². The molecular formula is C29H40Cl2N4O4S. The van der Waals surface area contributed by atoms with E-state index in [0.29, 0.717) is 47.0 Å². The molecule has 0 aliphatic carbocycles. The number of hydrogen-bond acceptors (Lipinski definition) is 7. The third-order valence-electron chi connectivity index (χ3n) is 6.68. The van der Waals surface area contributed by atoms with Crippen LogP contribution in [0.25, 0.3) is 0 Å². The van der Waals surface area contributed by atoms with Gasteiger partial charge in [0.05, 0.1) is 28.0 Å². The first-order chi connectivity index (χ1) is 19.2. The summed E-state index contributed by atoms with van der Waals surface area (Å²) >= 11 is 13.9. The zero-order valence-corrected chi connectivity index (χ0v) is 26.1. The van der Waals surface area contributed by atoms with E-state index in [-0.39, 0.29) is 6.73 Å². The topological polar surface area (TPSA) is 65.6 Å². The molecule has 1 fully saturated rings. The van der Waals surface area contributed by atoms with Gasteiger partial charge in [-0.15, -0.1) is 0 Å². The summed E-state index contributed by atoms with van der Waals surface area (Å²) in [6.45, 7) is 11.7. The lowest BCUT2D eigenvalue weighted by atomic mass is 10.2. The van der Waals surface area contributed by atoms with Crippen molar-refractivity contribution in [3.05, 3.63) is 52.0 Å². The van der Waals surface area contributed by atoms with Crippen molar-refractivity contribution >= 4 is 59.0 Å². The second-order valence-electron chi connectivity index (χ2n) is 10.2. The van der Waals surface area contributed by atoms with Crippen LogP contribution in [0.15, 0.2) is 36.4 Å². The number of aryl methyl sites for hydroxylation is 1. The Balaban J connectivity index is 1.41. The molecular weight excluding hydrogens is 571 g/mol. The number of anilines is 2.